The van der Waals surface area contributed by atoms with Crippen molar-refractivity contribution in [3.8, 4) is 11.5 Å². The van der Waals surface area contributed by atoms with E-state index in [0.717, 1.165) is 17.0 Å². The lowest BCUT2D eigenvalue weighted by molar-refractivity contribution is 0.102. The fourth-order valence-electron chi connectivity index (χ4n) is 2.24. The monoisotopic (exact) mass is 316 g/mol. The second-order valence-corrected chi connectivity index (χ2v) is 5.87. The molecule has 22 heavy (non-hydrogen) atoms. The summed E-state index contributed by atoms with van der Waals surface area (Å²) in [4.78, 5) is 17.7. The number of H-pyrrole nitrogens is 1. The molecule has 1 amide bonds. The van der Waals surface area contributed by atoms with E-state index in [9.17, 15) is 4.79 Å². The van der Waals surface area contributed by atoms with E-state index in [2.05, 4.69) is 20.5 Å². The summed E-state index contributed by atoms with van der Waals surface area (Å²) in [6.07, 6.45) is 2.35. The Morgan fingerprint density at radius 3 is 3.23 bits per heavy atom. The predicted molar refractivity (Wildman–Crippen MR) is 79.7 cm³/mol. The number of nitrogens with one attached hydrogen (secondary N) is 2. The van der Waals surface area contributed by atoms with Crippen LogP contribution >= 0.6 is 11.3 Å². The zero-order valence-electron chi connectivity index (χ0n) is 11.5. The van der Waals surface area contributed by atoms with Crippen LogP contribution in [-0.2, 0) is 17.8 Å². The molecular formula is C14H12N4O3S. The van der Waals surface area contributed by atoms with E-state index in [1.807, 2.05) is 0 Å². The van der Waals surface area contributed by atoms with Gasteiger partial charge in [-0.2, -0.15) is 5.10 Å². The Hall–Kier alpha value is -2.45. The molecule has 0 spiro atoms. The van der Waals surface area contributed by atoms with Crippen LogP contribution in [0.4, 0.5) is 5.13 Å². The minimum atomic E-state index is -0.305. The highest BCUT2D eigenvalue weighted by Crippen LogP contribution is 2.27. The Morgan fingerprint density at radius 2 is 2.41 bits per heavy atom. The van der Waals surface area contributed by atoms with Crippen LogP contribution in [0.1, 0.15) is 21.1 Å². The van der Waals surface area contributed by atoms with Gasteiger partial charge in [-0.3, -0.25) is 15.2 Å². The first-order valence-electron chi connectivity index (χ1n) is 6.76. The number of anilines is 1. The molecule has 1 aliphatic rings. The number of amides is 1. The van der Waals surface area contributed by atoms with Gasteiger partial charge in [-0.15, -0.1) is 0 Å². The number of ether oxygens (including phenoxy) is 1. The quantitative estimate of drug-likeness (QED) is 0.774. The summed E-state index contributed by atoms with van der Waals surface area (Å²) >= 11 is 1.44. The molecule has 2 N–H and O–H groups in total. The molecule has 3 aromatic heterocycles. The summed E-state index contributed by atoms with van der Waals surface area (Å²) in [5, 5.41) is 10.1. The van der Waals surface area contributed by atoms with Gasteiger partial charge in [0, 0.05) is 12.5 Å². The number of aromatic nitrogens is 3. The van der Waals surface area contributed by atoms with Gasteiger partial charge in [-0.05, 0) is 12.1 Å². The molecule has 0 aliphatic carbocycles. The van der Waals surface area contributed by atoms with Crippen molar-refractivity contribution in [1.29, 1.82) is 0 Å². The van der Waals surface area contributed by atoms with Crippen LogP contribution in [0, 0.1) is 0 Å². The van der Waals surface area contributed by atoms with Gasteiger partial charge in [-0.25, -0.2) is 4.98 Å². The predicted octanol–water partition coefficient (Wildman–Crippen LogP) is 2.45. The van der Waals surface area contributed by atoms with Crippen molar-refractivity contribution < 1.29 is 13.9 Å². The van der Waals surface area contributed by atoms with E-state index in [1.165, 1.54) is 11.3 Å². The van der Waals surface area contributed by atoms with Crippen LogP contribution in [0.2, 0.25) is 0 Å². The molecule has 0 unspecified atom stereocenters. The van der Waals surface area contributed by atoms with Gasteiger partial charge in [-0.1, -0.05) is 11.3 Å². The highest BCUT2D eigenvalue weighted by Gasteiger charge is 2.18. The molecule has 0 atom stereocenters. The smallest absolute Gasteiger partial charge is 0.277 e. The maximum Gasteiger partial charge on any atom is 0.277 e. The minimum Gasteiger partial charge on any atom is -0.463 e. The van der Waals surface area contributed by atoms with Crippen LogP contribution in [0.25, 0.3) is 11.5 Å². The molecule has 0 saturated carbocycles. The molecule has 0 aromatic carbocycles. The molecule has 4 heterocycles. The lowest BCUT2D eigenvalue weighted by Crippen LogP contribution is -2.12. The number of thiazole rings is 1. The maximum atomic E-state index is 12.2. The number of aromatic amines is 1. The van der Waals surface area contributed by atoms with Gasteiger partial charge >= 0.3 is 0 Å². The Bertz CT molecular complexity index is 783. The van der Waals surface area contributed by atoms with Crippen LogP contribution in [-0.4, -0.2) is 27.7 Å². The largest absolute Gasteiger partial charge is 0.463 e. The Morgan fingerprint density at radius 1 is 1.45 bits per heavy atom. The second kappa shape index (κ2) is 5.39. The maximum absolute atomic E-state index is 12.2. The van der Waals surface area contributed by atoms with Crippen molar-refractivity contribution in [3.05, 3.63) is 40.7 Å². The van der Waals surface area contributed by atoms with E-state index in [1.54, 1.807) is 24.5 Å². The average molecular weight is 316 g/mol. The molecular weight excluding hydrogens is 304 g/mol. The molecule has 0 radical (unpaired) electrons. The molecule has 0 saturated heterocycles. The van der Waals surface area contributed by atoms with Gasteiger partial charge in [0.25, 0.3) is 5.91 Å². The summed E-state index contributed by atoms with van der Waals surface area (Å²) in [6.45, 7) is 1.24. The fraction of sp³-hybridized carbons (Fsp3) is 0.214. The van der Waals surface area contributed by atoms with E-state index >= 15 is 0 Å². The number of nitrogens with zero attached hydrogens (tertiary/aromatic N) is 2. The van der Waals surface area contributed by atoms with Gasteiger partial charge < -0.3 is 9.15 Å². The van der Waals surface area contributed by atoms with Gasteiger partial charge in [0.1, 0.15) is 5.69 Å². The van der Waals surface area contributed by atoms with Crippen LogP contribution in [0.3, 0.4) is 0 Å². The molecule has 1 aliphatic heterocycles. The van der Waals surface area contributed by atoms with Crippen molar-refractivity contribution in [1.82, 2.24) is 15.2 Å². The first kappa shape index (κ1) is 13.2. The Labute approximate surface area is 129 Å². The van der Waals surface area contributed by atoms with Crippen LogP contribution in [0.5, 0.6) is 0 Å². The lowest BCUT2D eigenvalue weighted by Gasteiger charge is -2.08. The third kappa shape index (κ3) is 2.42. The Kier molecular flexibility index (Phi) is 3.24. The van der Waals surface area contributed by atoms with Crippen LogP contribution < -0.4 is 5.32 Å². The Balaban J connectivity index is 1.51. The number of rotatable bonds is 3. The topological polar surface area (TPSA) is 93.0 Å². The van der Waals surface area contributed by atoms with Crippen LogP contribution in [0.15, 0.2) is 28.9 Å². The molecule has 3 aromatic rings. The molecule has 7 nitrogen and oxygen atoms in total. The highest BCUT2D eigenvalue weighted by molar-refractivity contribution is 7.15. The zero-order chi connectivity index (χ0) is 14.9. The summed E-state index contributed by atoms with van der Waals surface area (Å²) in [5.41, 5.74) is 1.95. The van der Waals surface area contributed by atoms with Gasteiger partial charge in [0.15, 0.2) is 16.6 Å². The molecule has 0 bridgehead atoms. The van der Waals surface area contributed by atoms with E-state index in [0.29, 0.717) is 29.8 Å². The lowest BCUT2D eigenvalue weighted by atomic mass is 10.2. The average Bonchev–Trinajstić information content (AvgIpc) is 3.26. The number of carbonyl (C=O) groups excluding carboxylic acids is 1. The van der Waals surface area contributed by atoms with Crippen molar-refractivity contribution >= 4 is 22.4 Å². The summed E-state index contributed by atoms with van der Waals surface area (Å²) in [5.74, 6) is 0.328. The van der Waals surface area contributed by atoms with E-state index in [-0.39, 0.29) is 11.6 Å². The van der Waals surface area contributed by atoms with E-state index in [4.69, 9.17) is 9.15 Å². The number of carbonyl (C=O) groups is 1. The number of hydrogen-bond acceptors (Lipinski definition) is 6. The fourth-order valence-corrected chi connectivity index (χ4v) is 3.18. The van der Waals surface area contributed by atoms with Gasteiger partial charge in [0.05, 0.1) is 30.0 Å². The first-order chi connectivity index (χ1) is 10.8. The number of furan rings is 1. The number of hydrogen-bond donors (Lipinski definition) is 2. The zero-order valence-corrected chi connectivity index (χ0v) is 12.3. The summed E-state index contributed by atoms with van der Waals surface area (Å²) < 4.78 is 10.6. The third-order valence-electron chi connectivity index (χ3n) is 3.31. The van der Waals surface area contributed by atoms with Crippen molar-refractivity contribution in [2.24, 2.45) is 0 Å². The molecule has 0 fully saturated rings. The highest BCUT2D eigenvalue weighted by atomic mass is 32.1. The van der Waals surface area contributed by atoms with E-state index < -0.39 is 0 Å². The SMILES string of the molecule is O=C(Nc1nc2c(s1)COCC2)c1cc(-c2ccco2)[nH]n1. The van der Waals surface area contributed by atoms with Gasteiger partial charge in [0.2, 0.25) is 0 Å². The number of fused-ring (bicyclic) bond motifs is 1. The first-order valence-corrected chi connectivity index (χ1v) is 7.58. The van der Waals surface area contributed by atoms with Crippen molar-refractivity contribution in [3.63, 3.8) is 0 Å². The minimum absolute atomic E-state index is 0.288. The standard InChI is InChI=1S/C14H12N4O3S/c19-13(10-6-9(17-18-10)11-2-1-4-21-11)16-14-15-8-3-5-20-7-12(8)22-14/h1-2,4,6H,3,5,7H2,(H,17,18)(H,15,16,19). The van der Waals surface area contributed by atoms with Crippen molar-refractivity contribution in [2.45, 2.75) is 13.0 Å². The molecule has 112 valence electrons. The molecule has 8 heteroatoms. The third-order valence-corrected chi connectivity index (χ3v) is 4.30. The summed E-state index contributed by atoms with van der Waals surface area (Å²) in [7, 11) is 0. The van der Waals surface area contributed by atoms with Crippen molar-refractivity contribution in [2.75, 3.05) is 11.9 Å². The molecule has 4 rings (SSSR count). The normalized spacial score (nSPS) is 13.8. The second-order valence-electron chi connectivity index (χ2n) is 4.79. The summed E-state index contributed by atoms with van der Waals surface area (Å²) in [6, 6.07) is 5.22.